The molecule has 5 N–H and O–H groups in total. The van der Waals surface area contributed by atoms with E-state index in [9.17, 15) is 9.59 Å². The second-order valence-electron chi connectivity index (χ2n) is 4.62. The van der Waals surface area contributed by atoms with Crippen LogP contribution in [0.15, 0.2) is 27.0 Å². The van der Waals surface area contributed by atoms with Crippen molar-refractivity contribution >= 4 is 35.0 Å². The average molecular weight is 328 g/mol. The van der Waals surface area contributed by atoms with E-state index in [1.54, 1.807) is 0 Å². The normalized spacial score (nSPS) is 11.0. The van der Waals surface area contributed by atoms with Crippen molar-refractivity contribution in [1.29, 1.82) is 0 Å². The van der Waals surface area contributed by atoms with Crippen molar-refractivity contribution in [1.82, 2.24) is 14.8 Å². The fourth-order valence-corrected chi connectivity index (χ4v) is 3.25. The molecule has 0 fully saturated rings. The highest BCUT2D eigenvalue weighted by molar-refractivity contribution is 7.99. The summed E-state index contributed by atoms with van der Waals surface area (Å²) in [5, 5.41) is 6.98. The lowest BCUT2D eigenvalue weighted by Gasteiger charge is -2.12. The number of carbonyl (C=O) groups excluding carboxylic acids is 1. The molecule has 0 unspecified atom stereocenters. The lowest BCUT2D eigenvalue weighted by Crippen LogP contribution is -2.19. The van der Waals surface area contributed by atoms with Crippen LogP contribution in [0.4, 0.5) is 5.69 Å². The molecule has 2 rings (SSSR count). The molecule has 0 spiro atoms. The number of primary amides is 1. The first-order valence-electron chi connectivity index (χ1n) is 6.04. The highest BCUT2D eigenvalue weighted by Gasteiger charge is 2.19. The number of hydrogen-bond donors (Lipinski definition) is 3. The number of aromatic amines is 1. The number of nitrogens with two attached hydrogens (primary N) is 2. The highest BCUT2D eigenvalue weighted by Crippen LogP contribution is 2.36. The molecule has 0 radical (unpaired) electrons. The van der Waals surface area contributed by atoms with E-state index in [1.807, 2.05) is 13.8 Å². The maximum absolute atomic E-state index is 11.7. The van der Waals surface area contributed by atoms with E-state index in [-0.39, 0.29) is 22.3 Å². The summed E-state index contributed by atoms with van der Waals surface area (Å²) in [6.07, 6.45) is 0. The molecule has 0 saturated carbocycles. The number of H-pyrrole nitrogens is 1. The monoisotopic (exact) mass is 327 g/mol. The summed E-state index contributed by atoms with van der Waals surface area (Å²) in [5.41, 5.74) is 11.2. The number of carbonyl (C=O) groups is 1. The largest absolute Gasteiger partial charge is 0.399 e. The van der Waals surface area contributed by atoms with E-state index >= 15 is 0 Å². The van der Waals surface area contributed by atoms with Crippen LogP contribution in [0.25, 0.3) is 0 Å². The first-order valence-corrected chi connectivity index (χ1v) is 7.24. The van der Waals surface area contributed by atoms with Crippen molar-refractivity contribution < 1.29 is 4.79 Å². The Hall–Kier alpha value is -1.93. The molecule has 1 heterocycles. The van der Waals surface area contributed by atoms with Crippen LogP contribution < -0.4 is 17.2 Å². The van der Waals surface area contributed by atoms with E-state index in [0.717, 1.165) is 11.8 Å². The van der Waals surface area contributed by atoms with Gasteiger partial charge in [-0.3, -0.25) is 9.36 Å². The van der Waals surface area contributed by atoms with Crippen molar-refractivity contribution in [3.63, 3.8) is 0 Å². The van der Waals surface area contributed by atoms with Gasteiger partial charge >= 0.3 is 5.69 Å². The number of rotatable bonds is 4. The molecule has 0 bridgehead atoms. The summed E-state index contributed by atoms with van der Waals surface area (Å²) >= 11 is 7.22. The van der Waals surface area contributed by atoms with Crippen LogP contribution in [-0.2, 0) is 0 Å². The molecule has 1 amide bonds. The third-order valence-corrected chi connectivity index (χ3v) is 4.24. The zero-order valence-corrected chi connectivity index (χ0v) is 13.0. The molecular formula is C12H14ClN5O2S. The third-order valence-electron chi connectivity index (χ3n) is 2.71. The number of nitrogen functional groups attached to an aromatic ring is 1. The Kier molecular flexibility index (Phi) is 4.29. The topological polar surface area (TPSA) is 120 Å². The molecule has 0 atom stereocenters. The lowest BCUT2D eigenvalue weighted by atomic mass is 10.2. The third kappa shape index (κ3) is 3.06. The number of aromatic nitrogens is 3. The molecule has 1 aromatic carbocycles. The Balaban J connectivity index is 2.55. The van der Waals surface area contributed by atoms with Gasteiger partial charge in [-0.05, 0) is 37.7 Å². The molecule has 0 aliphatic carbocycles. The van der Waals surface area contributed by atoms with Gasteiger partial charge in [-0.1, -0.05) is 11.6 Å². The van der Waals surface area contributed by atoms with Gasteiger partial charge in [0.2, 0.25) is 5.91 Å². The Labute approximate surface area is 129 Å². The van der Waals surface area contributed by atoms with E-state index in [0.29, 0.717) is 15.7 Å². The summed E-state index contributed by atoms with van der Waals surface area (Å²) in [4.78, 5) is 23.7. The van der Waals surface area contributed by atoms with Crippen LogP contribution in [0.2, 0.25) is 5.02 Å². The van der Waals surface area contributed by atoms with Gasteiger partial charge in [-0.2, -0.15) is 0 Å². The summed E-state index contributed by atoms with van der Waals surface area (Å²) in [6, 6.07) is 2.87. The van der Waals surface area contributed by atoms with Crippen molar-refractivity contribution in [3.8, 4) is 0 Å². The summed E-state index contributed by atoms with van der Waals surface area (Å²) < 4.78 is 1.46. The number of nitrogens with one attached hydrogen (secondary N) is 1. The van der Waals surface area contributed by atoms with Crippen LogP contribution in [0.1, 0.15) is 30.2 Å². The Bertz CT molecular complexity index is 753. The maximum Gasteiger partial charge on any atom is 0.344 e. The standard InChI is InChI=1S/C12H14ClN5O2S/c1-5(2)18-11(20)16-17-12(18)21-9-7(10(15)19)3-6(14)4-8(9)13/h3-5H,14H2,1-2H3,(H2,15,19)(H,16,20). The Morgan fingerprint density at radius 2 is 2.14 bits per heavy atom. The number of benzene rings is 1. The molecule has 2 aromatic rings. The zero-order valence-electron chi connectivity index (χ0n) is 11.4. The predicted octanol–water partition coefficient (Wildman–Crippen LogP) is 1.64. The number of halogens is 1. The smallest absolute Gasteiger partial charge is 0.344 e. The van der Waals surface area contributed by atoms with Crippen molar-refractivity contribution in [2.24, 2.45) is 5.73 Å². The van der Waals surface area contributed by atoms with Gasteiger partial charge in [-0.15, -0.1) is 5.10 Å². The number of anilines is 1. The van der Waals surface area contributed by atoms with Gasteiger partial charge in [0.25, 0.3) is 0 Å². The first kappa shape index (κ1) is 15.5. The van der Waals surface area contributed by atoms with Gasteiger partial charge in [0, 0.05) is 16.6 Å². The van der Waals surface area contributed by atoms with E-state index in [4.69, 9.17) is 23.1 Å². The van der Waals surface area contributed by atoms with E-state index < -0.39 is 5.91 Å². The Morgan fingerprint density at radius 1 is 1.48 bits per heavy atom. The van der Waals surface area contributed by atoms with E-state index in [2.05, 4.69) is 10.2 Å². The first-order chi connectivity index (χ1) is 9.81. The average Bonchev–Trinajstić information content (AvgIpc) is 2.73. The molecule has 9 heteroatoms. The number of nitrogens with zero attached hydrogens (tertiary/aromatic N) is 2. The lowest BCUT2D eigenvalue weighted by molar-refractivity contribution is 0.0997. The second-order valence-corrected chi connectivity index (χ2v) is 6.01. The summed E-state index contributed by atoms with van der Waals surface area (Å²) in [7, 11) is 0. The minimum Gasteiger partial charge on any atom is -0.399 e. The molecule has 0 aliphatic rings. The minimum absolute atomic E-state index is 0.0941. The fourth-order valence-electron chi connectivity index (χ4n) is 1.81. The van der Waals surface area contributed by atoms with E-state index in [1.165, 1.54) is 16.7 Å². The molecule has 1 aromatic heterocycles. The van der Waals surface area contributed by atoms with Crippen molar-refractivity contribution in [2.45, 2.75) is 29.9 Å². The van der Waals surface area contributed by atoms with Crippen molar-refractivity contribution in [2.75, 3.05) is 5.73 Å². The predicted molar refractivity (Wildman–Crippen MR) is 81.7 cm³/mol. The van der Waals surface area contributed by atoms with Crippen LogP contribution in [0, 0.1) is 0 Å². The van der Waals surface area contributed by atoms with Gasteiger partial charge in [0.05, 0.1) is 10.6 Å². The highest BCUT2D eigenvalue weighted by atomic mass is 35.5. The summed E-state index contributed by atoms with van der Waals surface area (Å²) in [5.74, 6) is -0.652. The maximum atomic E-state index is 11.7. The van der Waals surface area contributed by atoms with Gasteiger partial charge in [-0.25, -0.2) is 9.89 Å². The molecule has 112 valence electrons. The van der Waals surface area contributed by atoms with Crippen LogP contribution in [0.5, 0.6) is 0 Å². The molecular weight excluding hydrogens is 314 g/mol. The van der Waals surface area contributed by atoms with Crippen LogP contribution >= 0.6 is 23.4 Å². The molecule has 21 heavy (non-hydrogen) atoms. The molecule has 0 aliphatic heterocycles. The van der Waals surface area contributed by atoms with Gasteiger partial charge in [0.1, 0.15) is 0 Å². The molecule has 7 nitrogen and oxygen atoms in total. The quantitative estimate of drug-likeness (QED) is 0.737. The van der Waals surface area contributed by atoms with Crippen LogP contribution in [0.3, 0.4) is 0 Å². The number of amides is 1. The Morgan fingerprint density at radius 3 is 2.71 bits per heavy atom. The SMILES string of the molecule is CC(C)n1c(Sc2c(Cl)cc(N)cc2C(N)=O)n[nH]c1=O. The second kappa shape index (κ2) is 5.82. The molecule has 0 saturated heterocycles. The van der Waals surface area contributed by atoms with Gasteiger partial charge in [0.15, 0.2) is 5.16 Å². The van der Waals surface area contributed by atoms with Crippen LogP contribution in [-0.4, -0.2) is 20.7 Å². The number of hydrogen-bond acceptors (Lipinski definition) is 5. The minimum atomic E-state index is -0.652. The van der Waals surface area contributed by atoms with Gasteiger partial charge < -0.3 is 11.5 Å². The fraction of sp³-hybridized carbons (Fsp3) is 0.250. The zero-order chi connectivity index (χ0) is 15.7. The summed E-state index contributed by atoms with van der Waals surface area (Å²) in [6.45, 7) is 3.70. The van der Waals surface area contributed by atoms with Crippen molar-refractivity contribution in [3.05, 3.63) is 33.2 Å².